The summed E-state index contributed by atoms with van der Waals surface area (Å²) >= 11 is 1.87. The van der Waals surface area contributed by atoms with Crippen LogP contribution in [0.3, 0.4) is 0 Å². The molecule has 0 saturated carbocycles. The lowest BCUT2D eigenvalue weighted by molar-refractivity contribution is 0.669. The van der Waals surface area contributed by atoms with Crippen molar-refractivity contribution in [1.82, 2.24) is 19.5 Å². The van der Waals surface area contributed by atoms with E-state index in [-0.39, 0.29) is 0 Å². The number of para-hydroxylation sites is 2. The molecule has 4 heterocycles. The minimum absolute atomic E-state index is 0.494. The zero-order chi connectivity index (χ0) is 44.9. The number of furan rings is 1. The number of nitrogens with zero attached hydrogens (tertiary/aromatic N) is 4. The van der Waals surface area contributed by atoms with E-state index in [9.17, 15) is 0 Å². The van der Waals surface area contributed by atoms with E-state index in [0.29, 0.717) is 23.4 Å². The summed E-state index contributed by atoms with van der Waals surface area (Å²) in [6.07, 6.45) is 7.80. The second-order valence-electron chi connectivity index (χ2n) is 18.0. The Hall–Kier alpha value is -8.45. The quantitative estimate of drug-likeness (QED) is 0.167. The van der Waals surface area contributed by atoms with Crippen molar-refractivity contribution in [2.75, 3.05) is 0 Å². The second-order valence-corrected chi connectivity index (χ2v) is 19.1. The van der Waals surface area contributed by atoms with E-state index in [0.717, 1.165) is 61.8 Å². The smallest absolute Gasteiger partial charge is 0.164 e. The molecule has 5 nitrogen and oxygen atoms in total. The van der Waals surface area contributed by atoms with Gasteiger partial charge in [-0.3, -0.25) is 0 Å². The number of rotatable bonds is 6. The molecular weight excluding hydrogens is 849 g/mol. The average molecular weight is 889 g/mol. The van der Waals surface area contributed by atoms with Gasteiger partial charge in [-0.2, -0.15) is 0 Å². The summed E-state index contributed by atoms with van der Waals surface area (Å²) in [4.78, 5) is 15.5. The molecule has 1 aliphatic carbocycles. The van der Waals surface area contributed by atoms with E-state index < -0.39 is 0 Å². The fraction of sp³-hybridized carbons (Fsp3) is 0.0484. The third-order valence-electron chi connectivity index (χ3n) is 13.8. The van der Waals surface area contributed by atoms with Gasteiger partial charge in [-0.25, -0.2) is 15.0 Å². The van der Waals surface area contributed by atoms with Crippen LogP contribution in [0, 0.1) is 5.92 Å². The van der Waals surface area contributed by atoms with Crippen LogP contribution in [0.1, 0.15) is 18.9 Å². The Morgan fingerprint density at radius 3 is 2.07 bits per heavy atom. The second kappa shape index (κ2) is 15.3. The highest BCUT2D eigenvalue weighted by molar-refractivity contribution is 7.26. The van der Waals surface area contributed by atoms with Crippen molar-refractivity contribution in [2.24, 2.45) is 5.92 Å². The van der Waals surface area contributed by atoms with Crippen molar-refractivity contribution in [3.63, 3.8) is 0 Å². The molecule has 1 unspecified atom stereocenters. The largest absolute Gasteiger partial charge is 0.456 e. The lowest BCUT2D eigenvalue weighted by Gasteiger charge is -2.15. The number of hydrogen-bond donors (Lipinski definition) is 0. The highest BCUT2D eigenvalue weighted by Gasteiger charge is 2.21. The third-order valence-corrected chi connectivity index (χ3v) is 14.9. The van der Waals surface area contributed by atoms with Gasteiger partial charge in [0, 0.05) is 69.7 Å². The summed E-state index contributed by atoms with van der Waals surface area (Å²) in [6, 6.07) is 67.4. The van der Waals surface area contributed by atoms with E-state index in [4.69, 9.17) is 19.4 Å². The molecule has 0 fully saturated rings. The standard InChI is InChI=1S/C62H40N4OS/c1-37-12-9-16-40(32-37)41-25-29-53-51(34-41)50-22-11-21-47(42-27-30-56-52(35-42)58-46-19-6-5-13-38(46)26-31-57(58)68-56)59(50)66(53)45-18-10-17-43(33-45)61-63-60(39-14-3-2-4-15-39)64-62(65-61)44-24-28-49-48-20-7-8-23-54(48)67-55(49)36-44/h2-31,33-37H,32H2,1H3. The fourth-order valence-electron chi connectivity index (χ4n) is 10.5. The molecule has 68 heavy (non-hydrogen) atoms. The molecule has 13 aromatic rings. The average Bonchev–Trinajstić information content (AvgIpc) is 4.08. The molecular formula is C62H40N4OS. The number of thiophene rings is 1. The van der Waals surface area contributed by atoms with Crippen molar-refractivity contribution >= 4 is 91.6 Å². The van der Waals surface area contributed by atoms with Crippen LogP contribution in [0.5, 0.6) is 0 Å². The van der Waals surface area contributed by atoms with Crippen LogP contribution in [-0.4, -0.2) is 19.5 Å². The van der Waals surface area contributed by atoms with Gasteiger partial charge < -0.3 is 8.98 Å². The first-order valence-corrected chi connectivity index (χ1v) is 24.0. The van der Waals surface area contributed by atoms with Crippen molar-refractivity contribution in [3.05, 3.63) is 212 Å². The molecule has 14 rings (SSSR count). The molecule has 0 N–H and O–H groups in total. The lowest BCUT2D eigenvalue weighted by Crippen LogP contribution is -2.01. The van der Waals surface area contributed by atoms with Crippen LogP contribution >= 0.6 is 11.3 Å². The molecule has 0 bridgehead atoms. The number of fused-ring (bicyclic) bond motifs is 11. The highest BCUT2D eigenvalue weighted by Crippen LogP contribution is 2.44. The van der Waals surface area contributed by atoms with Gasteiger partial charge in [0.2, 0.25) is 0 Å². The molecule has 6 heteroatoms. The lowest BCUT2D eigenvalue weighted by atomic mass is 9.90. The van der Waals surface area contributed by atoms with Gasteiger partial charge in [0.25, 0.3) is 0 Å². The first-order chi connectivity index (χ1) is 33.6. The molecule has 9 aromatic carbocycles. The summed E-state index contributed by atoms with van der Waals surface area (Å²) in [6.45, 7) is 2.29. The first-order valence-electron chi connectivity index (χ1n) is 23.2. The number of allylic oxidation sites excluding steroid dienone is 4. The van der Waals surface area contributed by atoms with Crippen LogP contribution < -0.4 is 0 Å². The van der Waals surface area contributed by atoms with Crippen molar-refractivity contribution in [2.45, 2.75) is 13.3 Å². The summed E-state index contributed by atoms with van der Waals surface area (Å²) in [5.74, 6) is 2.28. The predicted octanol–water partition coefficient (Wildman–Crippen LogP) is 17.0. The van der Waals surface area contributed by atoms with Crippen LogP contribution in [0.2, 0.25) is 0 Å². The minimum atomic E-state index is 0.494. The third kappa shape index (κ3) is 6.25. The number of aromatic nitrogens is 4. The molecule has 1 atom stereocenters. The molecule has 0 spiro atoms. The van der Waals surface area contributed by atoms with E-state index in [1.165, 1.54) is 64.0 Å². The van der Waals surface area contributed by atoms with Gasteiger partial charge >= 0.3 is 0 Å². The zero-order valence-electron chi connectivity index (χ0n) is 37.0. The first kappa shape index (κ1) is 38.8. The zero-order valence-corrected chi connectivity index (χ0v) is 37.8. The molecule has 0 aliphatic heterocycles. The van der Waals surface area contributed by atoms with Crippen molar-refractivity contribution < 1.29 is 4.42 Å². The number of hydrogen-bond acceptors (Lipinski definition) is 5. The minimum Gasteiger partial charge on any atom is -0.456 e. The normalized spacial score (nSPS) is 14.1. The van der Waals surface area contributed by atoms with Crippen molar-refractivity contribution in [1.29, 1.82) is 0 Å². The summed E-state index contributed by atoms with van der Waals surface area (Å²) in [5.41, 5.74) is 12.6. The Morgan fingerprint density at radius 2 is 1.19 bits per heavy atom. The van der Waals surface area contributed by atoms with Gasteiger partial charge in [0.1, 0.15) is 11.2 Å². The molecule has 1 aliphatic rings. The molecule has 0 radical (unpaired) electrons. The fourth-order valence-corrected chi connectivity index (χ4v) is 11.6. The maximum absolute atomic E-state index is 6.33. The van der Waals surface area contributed by atoms with Crippen molar-refractivity contribution in [3.8, 4) is 51.0 Å². The SMILES string of the molecule is CC1C=CC=C(c2ccc3c(c2)c2cccc(-c4ccc5sc6ccc7ccccc7c6c5c4)c2n3-c2cccc(-c3nc(-c4ccccc4)nc(-c4ccc5c(c4)oc4ccccc45)n3)c2)C1. The van der Waals surface area contributed by atoms with Crippen LogP contribution in [-0.2, 0) is 0 Å². The predicted molar refractivity (Wildman–Crippen MR) is 284 cm³/mol. The van der Waals surface area contributed by atoms with Crippen LogP contribution in [0.25, 0.3) is 131 Å². The van der Waals surface area contributed by atoms with Gasteiger partial charge in [-0.15, -0.1) is 11.3 Å². The molecule has 0 amide bonds. The molecule has 320 valence electrons. The summed E-state index contributed by atoms with van der Waals surface area (Å²) in [7, 11) is 0. The Bertz CT molecular complexity index is 4270. The topological polar surface area (TPSA) is 56.7 Å². The van der Waals surface area contributed by atoms with E-state index in [1.807, 2.05) is 53.8 Å². The van der Waals surface area contributed by atoms with Crippen LogP contribution in [0.4, 0.5) is 0 Å². The van der Waals surface area contributed by atoms with E-state index in [2.05, 4.69) is 175 Å². The van der Waals surface area contributed by atoms with E-state index >= 15 is 0 Å². The molecule has 0 saturated heterocycles. The Balaban J connectivity index is 0.981. The molecule has 4 aromatic heterocycles. The Kier molecular flexibility index (Phi) is 8.73. The monoisotopic (exact) mass is 888 g/mol. The van der Waals surface area contributed by atoms with Gasteiger partial charge in [0.05, 0.1) is 11.0 Å². The van der Waals surface area contributed by atoms with Gasteiger partial charge in [-0.05, 0) is 100 Å². The maximum Gasteiger partial charge on any atom is 0.164 e. The van der Waals surface area contributed by atoms with Gasteiger partial charge in [-0.1, -0.05) is 153 Å². The summed E-state index contributed by atoms with van der Waals surface area (Å²) < 4.78 is 11.4. The maximum atomic E-state index is 6.33. The summed E-state index contributed by atoms with van der Waals surface area (Å²) in [5, 5.41) is 9.73. The Labute approximate surface area is 395 Å². The Morgan fingerprint density at radius 1 is 0.500 bits per heavy atom. The highest BCUT2D eigenvalue weighted by atomic mass is 32.1. The van der Waals surface area contributed by atoms with E-state index in [1.54, 1.807) is 0 Å². The van der Waals surface area contributed by atoms with Crippen LogP contribution in [0.15, 0.2) is 211 Å². The van der Waals surface area contributed by atoms with Gasteiger partial charge in [0.15, 0.2) is 17.5 Å². The number of benzene rings is 9.